The van der Waals surface area contributed by atoms with Gasteiger partial charge < -0.3 is 11.1 Å². The zero-order valence-electron chi connectivity index (χ0n) is 15.2. The predicted molar refractivity (Wildman–Crippen MR) is 107 cm³/mol. The first kappa shape index (κ1) is 19.4. The average molecular weight is 388 g/mol. The zero-order chi connectivity index (χ0) is 19.3. The molecule has 0 aromatic heterocycles. The molecule has 0 radical (unpaired) electrons. The number of hydrogen-bond donors (Lipinski definition) is 2. The van der Waals surface area contributed by atoms with E-state index >= 15 is 0 Å². The molecular weight excluding hydrogens is 362 g/mol. The van der Waals surface area contributed by atoms with Crippen LogP contribution in [0.25, 0.3) is 0 Å². The number of nitrogens with one attached hydrogen (secondary N) is 1. The van der Waals surface area contributed by atoms with Gasteiger partial charge in [-0.2, -0.15) is 0 Å². The van der Waals surface area contributed by atoms with Crippen LogP contribution in [0.15, 0.2) is 59.5 Å². The van der Waals surface area contributed by atoms with Crippen LogP contribution in [0.2, 0.25) is 0 Å². The van der Waals surface area contributed by atoms with Crippen molar-refractivity contribution < 1.29 is 13.2 Å². The first-order valence-corrected chi connectivity index (χ1v) is 10.8. The van der Waals surface area contributed by atoms with E-state index in [1.165, 1.54) is 4.90 Å². The molecule has 27 heavy (non-hydrogen) atoms. The number of sulfone groups is 1. The van der Waals surface area contributed by atoms with Crippen molar-refractivity contribution in [3.63, 3.8) is 0 Å². The number of para-hydroxylation sites is 1. The Kier molecular flexibility index (Phi) is 6.13. The van der Waals surface area contributed by atoms with Gasteiger partial charge in [0.15, 0.2) is 9.84 Å². The first-order chi connectivity index (χ1) is 13.0. The highest BCUT2D eigenvalue weighted by Crippen LogP contribution is 2.27. The monoisotopic (exact) mass is 387 g/mol. The second-order valence-electron chi connectivity index (χ2n) is 6.80. The standard InChI is InChI=1S/C20H25N3O3S/c21-20(24)23(17-4-2-1-3-5-17)18-6-8-19(9-7-18)27(25,26)15-12-16-10-13-22-14-11-16/h1-9,16,22H,10-15H2,(H2,21,24). The lowest BCUT2D eigenvalue weighted by molar-refractivity contribution is 0.256. The molecule has 1 saturated heterocycles. The Morgan fingerprint density at radius 2 is 1.59 bits per heavy atom. The minimum absolute atomic E-state index is 0.148. The summed E-state index contributed by atoms with van der Waals surface area (Å²) in [5.41, 5.74) is 6.68. The van der Waals surface area contributed by atoms with Crippen molar-refractivity contribution >= 4 is 27.2 Å². The quantitative estimate of drug-likeness (QED) is 0.797. The van der Waals surface area contributed by atoms with Crippen LogP contribution in [0.5, 0.6) is 0 Å². The fraction of sp³-hybridized carbons (Fsp3) is 0.350. The third kappa shape index (κ3) is 4.87. The van der Waals surface area contributed by atoms with E-state index in [0.717, 1.165) is 25.9 Å². The van der Waals surface area contributed by atoms with E-state index in [9.17, 15) is 13.2 Å². The summed E-state index contributed by atoms with van der Waals surface area (Å²) in [6.07, 6.45) is 2.74. The molecule has 144 valence electrons. The summed E-state index contributed by atoms with van der Waals surface area (Å²) >= 11 is 0. The van der Waals surface area contributed by atoms with E-state index in [4.69, 9.17) is 5.73 Å². The number of anilines is 2. The molecule has 2 amide bonds. The van der Waals surface area contributed by atoms with E-state index in [-0.39, 0.29) is 10.6 Å². The third-order valence-corrected chi connectivity index (χ3v) is 6.71. The number of piperidine rings is 1. The Balaban J connectivity index is 1.74. The molecule has 2 aromatic carbocycles. The van der Waals surface area contributed by atoms with E-state index in [1.807, 2.05) is 18.2 Å². The van der Waals surface area contributed by atoms with Crippen molar-refractivity contribution in [2.24, 2.45) is 11.7 Å². The number of carbonyl (C=O) groups excluding carboxylic acids is 1. The lowest BCUT2D eigenvalue weighted by Crippen LogP contribution is -2.31. The summed E-state index contributed by atoms with van der Waals surface area (Å²) in [5, 5.41) is 3.29. The van der Waals surface area contributed by atoms with Gasteiger partial charge in [-0.1, -0.05) is 18.2 Å². The molecule has 6 nitrogen and oxygen atoms in total. The molecule has 0 atom stereocenters. The third-order valence-electron chi connectivity index (χ3n) is 4.94. The van der Waals surface area contributed by atoms with Crippen LogP contribution in [-0.4, -0.2) is 33.3 Å². The molecule has 1 aliphatic rings. The van der Waals surface area contributed by atoms with Gasteiger partial charge in [0.25, 0.3) is 0 Å². The number of benzene rings is 2. The van der Waals surface area contributed by atoms with Crippen LogP contribution in [-0.2, 0) is 9.84 Å². The van der Waals surface area contributed by atoms with Crippen molar-refractivity contribution in [3.8, 4) is 0 Å². The van der Waals surface area contributed by atoms with Gasteiger partial charge in [0.05, 0.1) is 22.0 Å². The molecule has 3 rings (SSSR count). The molecule has 0 aliphatic carbocycles. The van der Waals surface area contributed by atoms with E-state index < -0.39 is 15.9 Å². The van der Waals surface area contributed by atoms with Crippen LogP contribution in [0.1, 0.15) is 19.3 Å². The summed E-state index contributed by atoms with van der Waals surface area (Å²) in [5.74, 6) is 0.610. The average Bonchev–Trinajstić information content (AvgIpc) is 2.68. The molecule has 3 N–H and O–H groups in total. The lowest BCUT2D eigenvalue weighted by atomic mass is 9.96. The van der Waals surface area contributed by atoms with Gasteiger partial charge in [0.2, 0.25) is 0 Å². The highest BCUT2D eigenvalue weighted by Gasteiger charge is 2.21. The number of rotatable bonds is 6. The fourth-order valence-corrected chi connectivity index (χ4v) is 4.82. The number of amides is 2. The Morgan fingerprint density at radius 3 is 2.19 bits per heavy atom. The zero-order valence-corrected chi connectivity index (χ0v) is 16.0. The molecule has 2 aromatic rings. The van der Waals surface area contributed by atoms with Gasteiger partial charge in [-0.25, -0.2) is 13.2 Å². The number of carbonyl (C=O) groups is 1. The Bertz CT molecular complexity index is 861. The van der Waals surface area contributed by atoms with E-state index in [1.54, 1.807) is 36.4 Å². The fourth-order valence-electron chi connectivity index (χ4n) is 3.39. The molecular formula is C20H25N3O3S. The number of nitrogens with two attached hydrogens (primary N) is 1. The summed E-state index contributed by atoms with van der Waals surface area (Å²) in [4.78, 5) is 13.5. The van der Waals surface area contributed by atoms with Crippen molar-refractivity contribution in [3.05, 3.63) is 54.6 Å². The molecule has 0 bridgehead atoms. The molecule has 1 heterocycles. The Hall–Kier alpha value is -2.38. The van der Waals surface area contributed by atoms with Gasteiger partial charge in [-0.3, -0.25) is 4.90 Å². The van der Waals surface area contributed by atoms with Gasteiger partial charge in [-0.05, 0) is 74.7 Å². The number of hydrogen-bond acceptors (Lipinski definition) is 4. The van der Waals surface area contributed by atoms with Gasteiger partial charge in [0, 0.05) is 0 Å². The van der Waals surface area contributed by atoms with E-state index in [0.29, 0.717) is 23.7 Å². The van der Waals surface area contributed by atoms with E-state index in [2.05, 4.69) is 5.32 Å². The van der Waals surface area contributed by atoms with Gasteiger partial charge in [0.1, 0.15) is 0 Å². The topological polar surface area (TPSA) is 92.5 Å². The van der Waals surface area contributed by atoms with Crippen LogP contribution in [0.3, 0.4) is 0 Å². The molecule has 0 unspecified atom stereocenters. The maximum Gasteiger partial charge on any atom is 0.323 e. The second-order valence-corrected chi connectivity index (χ2v) is 8.91. The van der Waals surface area contributed by atoms with Gasteiger partial charge >= 0.3 is 6.03 Å². The Labute approximate surface area is 160 Å². The smallest absolute Gasteiger partial charge is 0.323 e. The van der Waals surface area contributed by atoms with Crippen molar-refractivity contribution in [1.82, 2.24) is 5.32 Å². The van der Waals surface area contributed by atoms with Crippen LogP contribution in [0, 0.1) is 5.92 Å². The SMILES string of the molecule is NC(=O)N(c1ccccc1)c1ccc(S(=O)(=O)CCC2CCNCC2)cc1. The second kappa shape index (κ2) is 8.54. The van der Waals surface area contributed by atoms with Crippen LogP contribution in [0.4, 0.5) is 16.2 Å². The van der Waals surface area contributed by atoms with Crippen LogP contribution >= 0.6 is 0 Å². The summed E-state index contributed by atoms with van der Waals surface area (Å²) in [6.45, 7) is 1.92. The number of urea groups is 1. The predicted octanol–water partition coefficient (Wildman–Crippen LogP) is 3.07. The molecule has 7 heteroatoms. The lowest BCUT2D eigenvalue weighted by Gasteiger charge is -2.22. The maximum absolute atomic E-state index is 12.6. The molecule has 1 fully saturated rings. The van der Waals surface area contributed by atoms with Crippen LogP contribution < -0.4 is 16.0 Å². The largest absolute Gasteiger partial charge is 0.351 e. The minimum Gasteiger partial charge on any atom is -0.351 e. The molecule has 0 spiro atoms. The van der Waals surface area contributed by atoms with Gasteiger partial charge in [-0.15, -0.1) is 0 Å². The highest BCUT2D eigenvalue weighted by atomic mass is 32.2. The summed E-state index contributed by atoms with van der Waals surface area (Å²) in [6, 6.07) is 14.7. The normalized spacial score (nSPS) is 15.4. The number of primary amides is 1. The van der Waals surface area contributed by atoms with Crippen molar-refractivity contribution in [2.45, 2.75) is 24.2 Å². The number of nitrogens with zero attached hydrogens (tertiary/aromatic N) is 1. The maximum atomic E-state index is 12.6. The molecule has 1 aliphatic heterocycles. The van der Waals surface area contributed by atoms with Crippen molar-refractivity contribution in [2.75, 3.05) is 23.7 Å². The van der Waals surface area contributed by atoms with Crippen molar-refractivity contribution in [1.29, 1.82) is 0 Å². The first-order valence-electron chi connectivity index (χ1n) is 9.15. The summed E-state index contributed by atoms with van der Waals surface area (Å²) < 4.78 is 25.3. The molecule has 0 saturated carbocycles. The summed E-state index contributed by atoms with van der Waals surface area (Å²) in [7, 11) is -3.34. The highest BCUT2D eigenvalue weighted by molar-refractivity contribution is 7.91. The Morgan fingerprint density at radius 1 is 1.00 bits per heavy atom. The minimum atomic E-state index is -3.34.